The van der Waals surface area contributed by atoms with Crippen molar-refractivity contribution in [3.8, 4) is 0 Å². The third-order valence-electron chi connectivity index (χ3n) is 2.28. The van der Waals surface area contributed by atoms with Gasteiger partial charge in [-0.3, -0.25) is 9.48 Å². The van der Waals surface area contributed by atoms with E-state index in [0.29, 0.717) is 11.5 Å². The summed E-state index contributed by atoms with van der Waals surface area (Å²) < 4.78 is 6.37. The Morgan fingerprint density at radius 1 is 1.50 bits per heavy atom. The summed E-state index contributed by atoms with van der Waals surface area (Å²) in [6.07, 6.45) is 0.175. The van der Waals surface area contributed by atoms with E-state index in [1.54, 1.807) is 20.9 Å². The summed E-state index contributed by atoms with van der Waals surface area (Å²) in [5, 5.41) is 6.71. The van der Waals surface area contributed by atoms with Crippen molar-refractivity contribution in [2.45, 2.75) is 20.3 Å². The molecular formula is C11H16ClN3O3. The minimum Gasteiger partial charge on any atom is -0.462 e. The number of carbonyl (C=O) groups is 2. The average molecular weight is 274 g/mol. The standard InChI is InChI=1S/C11H16ClN3O3/c1-4-18-11(17)9-7(2)14-15(3)10(9)13-8(16)5-6-12/h4-6H2,1-3H3,(H,13,16). The molecule has 0 aliphatic rings. The zero-order valence-electron chi connectivity index (χ0n) is 10.6. The summed E-state index contributed by atoms with van der Waals surface area (Å²) in [4.78, 5) is 23.3. The van der Waals surface area contributed by atoms with Gasteiger partial charge in [0.05, 0.1) is 12.3 Å². The molecule has 0 bridgehead atoms. The third kappa shape index (κ3) is 3.22. The molecule has 0 atom stereocenters. The maximum atomic E-state index is 11.8. The van der Waals surface area contributed by atoms with Crippen molar-refractivity contribution in [3.63, 3.8) is 0 Å². The third-order valence-corrected chi connectivity index (χ3v) is 2.47. The highest BCUT2D eigenvalue weighted by molar-refractivity contribution is 6.19. The topological polar surface area (TPSA) is 73.2 Å². The molecule has 0 saturated carbocycles. The lowest BCUT2D eigenvalue weighted by Gasteiger charge is -2.07. The number of nitrogens with one attached hydrogen (secondary N) is 1. The van der Waals surface area contributed by atoms with Crippen LogP contribution in [0, 0.1) is 6.92 Å². The lowest BCUT2D eigenvalue weighted by Crippen LogP contribution is -2.17. The van der Waals surface area contributed by atoms with Crippen LogP contribution in [0.4, 0.5) is 5.82 Å². The summed E-state index contributed by atoms with van der Waals surface area (Å²) in [5.41, 5.74) is 0.791. The van der Waals surface area contributed by atoms with E-state index in [0.717, 1.165) is 0 Å². The van der Waals surface area contributed by atoms with Gasteiger partial charge in [-0.15, -0.1) is 11.6 Å². The monoisotopic (exact) mass is 273 g/mol. The van der Waals surface area contributed by atoms with Crippen molar-refractivity contribution < 1.29 is 14.3 Å². The summed E-state index contributed by atoms with van der Waals surface area (Å²) in [5.74, 6) is -0.207. The number of anilines is 1. The van der Waals surface area contributed by atoms with Crippen molar-refractivity contribution in [1.82, 2.24) is 9.78 Å². The number of rotatable bonds is 5. The van der Waals surface area contributed by atoms with Crippen molar-refractivity contribution in [2.75, 3.05) is 17.8 Å². The second-order valence-corrected chi connectivity index (χ2v) is 4.02. The molecule has 7 heteroatoms. The van der Waals surface area contributed by atoms with Crippen molar-refractivity contribution >= 4 is 29.3 Å². The van der Waals surface area contributed by atoms with Crippen LogP contribution in [0.5, 0.6) is 0 Å². The molecule has 100 valence electrons. The summed E-state index contributed by atoms with van der Waals surface area (Å²) >= 11 is 5.48. The van der Waals surface area contributed by atoms with Crippen molar-refractivity contribution in [3.05, 3.63) is 11.3 Å². The van der Waals surface area contributed by atoms with Crippen LogP contribution in [-0.2, 0) is 16.6 Å². The van der Waals surface area contributed by atoms with Gasteiger partial charge >= 0.3 is 5.97 Å². The predicted octanol–water partition coefficient (Wildman–Crippen LogP) is 1.47. The highest BCUT2D eigenvalue weighted by Crippen LogP contribution is 2.20. The molecule has 0 radical (unpaired) electrons. The molecule has 6 nitrogen and oxygen atoms in total. The van der Waals surface area contributed by atoms with Crippen LogP contribution in [0.3, 0.4) is 0 Å². The van der Waals surface area contributed by atoms with Crippen molar-refractivity contribution in [2.24, 2.45) is 7.05 Å². The Bertz CT molecular complexity index is 457. The number of carbonyl (C=O) groups excluding carboxylic acids is 2. The first-order valence-electron chi connectivity index (χ1n) is 5.57. The minimum atomic E-state index is -0.496. The van der Waals surface area contributed by atoms with Crippen LogP contribution in [0.25, 0.3) is 0 Å². The predicted molar refractivity (Wildman–Crippen MR) is 67.9 cm³/mol. The Labute approximate surface area is 110 Å². The van der Waals surface area contributed by atoms with Crippen LogP contribution >= 0.6 is 11.6 Å². The number of aromatic nitrogens is 2. The van der Waals surface area contributed by atoms with E-state index in [4.69, 9.17) is 16.3 Å². The Kier molecular flexibility index (Phi) is 5.15. The molecule has 1 amide bonds. The number of ether oxygens (including phenoxy) is 1. The number of amides is 1. The van der Waals surface area contributed by atoms with E-state index >= 15 is 0 Å². The number of nitrogens with zero attached hydrogens (tertiary/aromatic N) is 2. The lowest BCUT2D eigenvalue weighted by molar-refractivity contribution is -0.115. The number of esters is 1. The highest BCUT2D eigenvalue weighted by atomic mass is 35.5. The van der Waals surface area contributed by atoms with Gasteiger partial charge < -0.3 is 10.1 Å². The number of aryl methyl sites for hydroxylation is 2. The zero-order chi connectivity index (χ0) is 13.7. The molecule has 0 saturated heterocycles. The molecule has 0 aliphatic carbocycles. The van der Waals surface area contributed by atoms with Gasteiger partial charge in [-0.1, -0.05) is 0 Å². The molecule has 0 aromatic carbocycles. The number of hydrogen-bond donors (Lipinski definition) is 1. The summed E-state index contributed by atoms with van der Waals surface area (Å²) in [6.45, 7) is 3.67. The summed E-state index contributed by atoms with van der Waals surface area (Å²) in [6, 6.07) is 0. The van der Waals surface area contributed by atoms with Gasteiger partial charge in [-0.25, -0.2) is 4.79 Å². The number of alkyl halides is 1. The Morgan fingerprint density at radius 2 is 2.17 bits per heavy atom. The average Bonchev–Trinajstić information content (AvgIpc) is 2.54. The number of hydrogen-bond acceptors (Lipinski definition) is 4. The molecule has 1 N–H and O–H groups in total. The van der Waals surface area contributed by atoms with Crippen molar-refractivity contribution in [1.29, 1.82) is 0 Å². The second-order valence-electron chi connectivity index (χ2n) is 3.64. The first kappa shape index (κ1) is 14.5. The van der Waals surface area contributed by atoms with Crippen LogP contribution in [-0.4, -0.2) is 34.1 Å². The molecule has 0 aliphatic heterocycles. The van der Waals surface area contributed by atoms with Gasteiger partial charge in [0.2, 0.25) is 5.91 Å². The van der Waals surface area contributed by atoms with Crippen LogP contribution in [0.15, 0.2) is 0 Å². The van der Waals surface area contributed by atoms with Gasteiger partial charge in [0.15, 0.2) is 0 Å². The Balaban J connectivity index is 3.02. The van der Waals surface area contributed by atoms with Gasteiger partial charge in [0.1, 0.15) is 11.4 Å². The second kappa shape index (κ2) is 6.39. The molecule has 18 heavy (non-hydrogen) atoms. The first-order chi connectivity index (χ1) is 8.51. The molecule has 1 heterocycles. The van der Waals surface area contributed by atoms with Gasteiger partial charge in [-0.2, -0.15) is 5.10 Å². The SMILES string of the molecule is CCOC(=O)c1c(C)nn(C)c1NC(=O)CCCl. The van der Waals surface area contributed by atoms with Gasteiger partial charge in [-0.05, 0) is 13.8 Å². The molecule has 0 unspecified atom stereocenters. The fourth-order valence-corrected chi connectivity index (χ4v) is 1.70. The quantitative estimate of drug-likeness (QED) is 0.651. The van der Waals surface area contributed by atoms with Gasteiger partial charge in [0.25, 0.3) is 0 Å². The zero-order valence-corrected chi connectivity index (χ0v) is 11.4. The molecule has 1 rings (SSSR count). The number of halogens is 1. The largest absolute Gasteiger partial charge is 0.462 e. The molecular weight excluding hydrogens is 258 g/mol. The molecule has 1 aromatic heterocycles. The fourth-order valence-electron chi connectivity index (χ4n) is 1.53. The van der Waals surface area contributed by atoms with E-state index < -0.39 is 5.97 Å². The Morgan fingerprint density at radius 3 is 2.72 bits per heavy atom. The Hall–Kier alpha value is -1.56. The maximum Gasteiger partial charge on any atom is 0.343 e. The van der Waals surface area contributed by atoms with Crippen LogP contribution in [0.1, 0.15) is 29.4 Å². The fraction of sp³-hybridized carbons (Fsp3) is 0.545. The summed E-state index contributed by atoms with van der Waals surface area (Å²) in [7, 11) is 1.64. The van der Waals surface area contributed by atoms with E-state index in [1.807, 2.05) is 0 Å². The highest BCUT2D eigenvalue weighted by Gasteiger charge is 2.22. The van der Waals surface area contributed by atoms with E-state index in [-0.39, 0.29) is 30.4 Å². The van der Waals surface area contributed by atoms with E-state index in [2.05, 4.69) is 10.4 Å². The molecule has 1 aromatic rings. The van der Waals surface area contributed by atoms with Crippen LogP contribution < -0.4 is 5.32 Å². The minimum absolute atomic E-state index is 0.175. The molecule has 0 spiro atoms. The molecule has 0 fully saturated rings. The smallest absolute Gasteiger partial charge is 0.343 e. The van der Waals surface area contributed by atoms with E-state index in [9.17, 15) is 9.59 Å². The normalized spacial score (nSPS) is 10.2. The van der Waals surface area contributed by atoms with Gasteiger partial charge in [0, 0.05) is 19.3 Å². The maximum absolute atomic E-state index is 11.8. The van der Waals surface area contributed by atoms with Crippen LogP contribution in [0.2, 0.25) is 0 Å². The van der Waals surface area contributed by atoms with E-state index in [1.165, 1.54) is 4.68 Å². The lowest BCUT2D eigenvalue weighted by atomic mass is 10.2. The first-order valence-corrected chi connectivity index (χ1v) is 6.11.